The lowest BCUT2D eigenvalue weighted by molar-refractivity contribution is -0.139. The van der Waals surface area contributed by atoms with Gasteiger partial charge in [0.1, 0.15) is 24.4 Å². The normalized spacial score (nSPS) is 17.2. The maximum atomic E-state index is 9.99. The Kier molecular flexibility index (Phi) is 13.7. The number of rotatable bonds is 10. The fourth-order valence-electron chi connectivity index (χ4n) is 1.30. The van der Waals surface area contributed by atoms with Crippen LogP contribution >= 0.6 is 0 Å². The number of aliphatic hydroxyl groups is 5. The predicted molar refractivity (Wildman–Crippen MR) is 77.5 cm³/mol. The molecule has 11 heteroatoms. The van der Waals surface area contributed by atoms with E-state index in [0.717, 1.165) is 0 Å². The molecule has 11 nitrogen and oxygen atoms in total. The van der Waals surface area contributed by atoms with Gasteiger partial charge in [0.2, 0.25) is 0 Å². The molecule has 0 saturated carbocycles. The number of nitrogens with one attached hydrogen (secondary N) is 1. The molecule has 0 radical (unpaired) electrons. The molecule has 0 amide bonds. The van der Waals surface area contributed by atoms with Crippen LogP contribution in [0.25, 0.3) is 0 Å². The maximum Gasteiger partial charge on any atom is 0.320 e. The summed E-state index contributed by atoms with van der Waals surface area (Å²) in [6, 6.07) is -1.06. The number of nitrogens with two attached hydrogens (primary N) is 1. The summed E-state index contributed by atoms with van der Waals surface area (Å²) in [7, 11) is 1.57. The number of hydrogen-bond donors (Lipinski definition) is 9. The van der Waals surface area contributed by atoms with Crippen molar-refractivity contribution in [1.29, 1.82) is 0 Å². The van der Waals surface area contributed by atoms with Crippen LogP contribution in [0.2, 0.25) is 0 Å². The van der Waals surface area contributed by atoms with E-state index in [4.69, 9.17) is 36.4 Å². The second kappa shape index (κ2) is 13.1. The number of hydrogen-bond acceptors (Lipinski definition) is 9. The van der Waals surface area contributed by atoms with E-state index in [1.54, 1.807) is 7.05 Å². The summed E-state index contributed by atoms with van der Waals surface area (Å²) in [5.74, 6) is -2.20. The van der Waals surface area contributed by atoms with Crippen LogP contribution in [0.3, 0.4) is 0 Å². The summed E-state index contributed by atoms with van der Waals surface area (Å²) >= 11 is 0. The fourth-order valence-corrected chi connectivity index (χ4v) is 1.30. The molecule has 23 heavy (non-hydrogen) atoms. The van der Waals surface area contributed by atoms with Crippen molar-refractivity contribution in [2.75, 3.05) is 20.2 Å². The van der Waals surface area contributed by atoms with Gasteiger partial charge in [-0.25, -0.2) is 0 Å². The van der Waals surface area contributed by atoms with Crippen LogP contribution in [0.5, 0.6) is 0 Å². The van der Waals surface area contributed by atoms with Gasteiger partial charge in [-0.15, -0.1) is 0 Å². The van der Waals surface area contributed by atoms with E-state index in [2.05, 4.69) is 5.32 Å². The highest BCUT2D eigenvalue weighted by Gasteiger charge is 2.29. The van der Waals surface area contributed by atoms with Gasteiger partial charge in [0, 0.05) is 13.0 Å². The van der Waals surface area contributed by atoms with E-state index >= 15 is 0 Å². The third-order valence-electron chi connectivity index (χ3n) is 2.73. The van der Waals surface area contributed by atoms with E-state index in [9.17, 15) is 14.7 Å². The van der Waals surface area contributed by atoms with Crippen molar-refractivity contribution >= 4 is 11.9 Å². The SMILES string of the molecule is CNC[C@H](O)[C@@H](O)[C@H](O)[C@H](O)CO.NC(CCC(=O)O)C(=O)O. The van der Waals surface area contributed by atoms with Crippen LogP contribution in [0, 0.1) is 0 Å². The zero-order valence-electron chi connectivity index (χ0n) is 12.7. The van der Waals surface area contributed by atoms with Gasteiger partial charge in [0.25, 0.3) is 0 Å². The van der Waals surface area contributed by atoms with Crippen LogP contribution in [-0.2, 0) is 9.59 Å². The lowest BCUT2D eigenvalue weighted by Gasteiger charge is -2.25. The molecule has 5 atom stereocenters. The van der Waals surface area contributed by atoms with E-state index < -0.39 is 49.0 Å². The molecule has 0 aromatic heterocycles. The van der Waals surface area contributed by atoms with Crippen molar-refractivity contribution in [2.24, 2.45) is 5.73 Å². The molecule has 0 fully saturated rings. The highest BCUT2D eigenvalue weighted by molar-refractivity contribution is 5.74. The zero-order chi connectivity index (χ0) is 18.6. The van der Waals surface area contributed by atoms with Crippen molar-refractivity contribution in [3.63, 3.8) is 0 Å². The number of likely N-dealkylation sites (N-methyl/N-ethyl adjacent to an activating group) is 1. The van der Waals surface area contributed by atoms with Crippen LogP contribution < -0.4 is 11.1 Å². The van der Waals surface area contributed by atoms with Gasteiger partial charge >= 0.3 is 11.9 Å². The van der Waals surface area contributed by atoms with Gasteiger partial charge in [-0.1, -0.05) is 0 Å². The summed E-state index contributed by atoms with van der Waals surface area (Å²) in [5, 5.41) is 63.7. The molecule has 1 unspecified atom stereocenters. The molecule has 138 valence electrons. The van der Waals surface area contributed by atoms with Crippen molar-refractivity contribution in [1.82, 2.24) is 5.32 Å². The summed E-state index contributed by atoms with van der Waals surface area (Å²) < 4.78 is 0. The molecule has 10 N–H and O–H groups in total. The molecule has 0 rings (SSSR count). The molecular formula is C12H26N2O9. The largest absolute Gasteiger partial charge is 0.481 e. The van der Waals surface area contributed by atoms with Crippen molar-refractivity contribution < 1.29 is 45.3 Å². The number of carbonyl (C=O) groups is 2. The lowest BCUT2D eigenvalue weighted by atomic mass is 10.0. The number of carboxylic acids is 2. The molecular weight excluding hydrogens is 316 g/mol. The Morgan fingerprint density at radius 3 is 1.87 bits per heavy atom. The van der Waals surface area contributed by atoms with Gasteiger partial charge in [-0.2, -0.15) is 0 Å². The molecule has 0 aliphatic heterocycles. The number of aliphatic carboxylic acids is 2. The first-order valence-corrected chi connectivity index (χ1v) is 6.76. The second-order valence-corrected chi connectivity index (χ2v) is 4.73. The Bertz CT molecular complexity index is 342. The van der Waals surface area contributed by atoms with Crippen LogP contribution in [0.1, 0.15) is 12.8 Å². The second-order valence-electron chi connectivity index (χ2n) is 4.73. The lowest BCUT2D eigenvalue weighted by Crippen LogP contribution is -2.48. The average Bonchev–Trinajstić information content (AvgIpc) is 2.50. The van der Waals surface area contributed by atoms with E-state index in [1.165, 1.54) is 0 Å². The maximum absolute atomic E-state index is 9.99. The minimum Gasteiger partial charge on any atom is -0.481 e. The van der Waals surface area contributed by atoms with Gasteiger partial charge in [0.05, 0.1) is 12.7 Å². The van der Waals surface area contributed by atoms with Crippen LogP contribution in [0.4, 0.5) is 0 Å². The Balaban J connectivity index is 0. The molecule has 0 heterocycles. The molecule has 0 saturated heterocycles. The zero-order valence-corrected chi connectivity index (χ0v) is 12.7. The van der Waals surface area contributed by atoms with E-state index in [-0.39, 0.29) is 19.4 Å². The molecule has 0 aromatic carbocycles. The minimum atomic E-state index is -1.55. The average molecular weight is 342 g/mol. The standard InChI is InChI=1S/C7H17NO5.C5H9NO4/c1-8-2-4(10)6(12)7(13)5(11)3-9;6-3(5(9)10)1-2-4(7)8/h4-13H,2-3H2,1H3;3H,1-2,6H2,(H,7,8)(H,9,10)/t4-,5+,6+,7+;/m0./s1. The topological polar surface area (TPSA) is 214 Å². The quantitative estimate of drug-likeness (QED) is 0.186. The Morgan fingerprint density at radius 2 is 1.52 bits per heavy atom. The Labute approximate surface area is 133 Å². The molecule has 0 bridgehead atoms. The number of carboxylic acid groups (broad SMARTS) is 2. The number of aliphatic hydroxyl groups excluding tert-OH is 5. The first-order chi connectivity index (χ1) is 10.6. The highest BCUT2D eigenvalue weighted by Crippen LogP contribution is 2.04. The van der Waals surface area contributed by atoms with Crippen LogP contribution in [0.15, 0.2) is 0 Å². The summed E-state index contributed by atoms with van der Waals surface area (Å²) in [5.41, 5.74) is 5.00. The molecule has 0 aromatic rings. The Hall–Kier alpha value is -1.34. The predicted octanol–water partition coefficient (Wildman–Crippen LogP) is -4.10. The van der Waals surface area contributed by atoms with Crippen molar-refractivity contribution in [3.05, 3.63) is 0 Å². The summed E-state index contributed by atoms with van der Waals surface area (Å²) in [6.45, 7) is -0.569. The minimum absolute atomic E-state index is 0.0231. The highest BCUT2D eigenvalue weighted by atomic mass is 16.4. The third kappa shape index (κ3) is 11.8. The Morgan fingerprint density at radius 1 is 1.04 bits per heavy atom. The van der Waals surface area contributed by atoms with Gasteiger partial charge < -0.3 is 46.8 Å². The van der Waals surface area contributed by atoms with E-state index in [0.29, 0.717) is 0 Å². The molecule has 0 spiro atoms. The first-order valence-electron chi connectivity index (χ1n) is 6.76. The third-order valence-corrected chi connectivity index (χ3v) is 2.73. The van der Waals surface area contributed by atoms with Gasteiger partial charge in [0.15, 0.2) is 0 Å². The first kappa shape index (κ1) is 23.9. The summed E-state index contributed by atoms with van der Waals surface area (Å²) in [4.78, 5) is 19.9. The molecule has 0 aliphatic rings. The molecule has 0 aliphatic carbocycles. The monoisotopic (exact) mass is 342 g/mol. The smallest absolute Gasteiger partial charge is 0.320 e. The van der Waals surface area contributed by atoms with E-state index in [1.807, 2.05) is 0 Å². The van der Waals surface area contributed by atoms with Crippen molar-refractivity contribution in [2.45, 2.75) is 43.3 Å². The van der Waals surface area contributed by atoms with Gasteiger partial charge in [-0.05, 0) is 13.5 Å². The van der Waals surface area contributed by atoms with Crippen LogP contribution in [-0.4, -0.2) is 98.3 Å². The van der Waals surface area contributed by atoms with Crippen molar-refractivity contribution in [3.8, 4) is 0 Å². The fraction of sp³-hybridized carbons (Fsp3) is 0.833. The summed E-state index contributed by atoms with van der Waals surface area (Å²) in [6.07, 6.45) is -5.87. The van der Waals surface area contributed by atoms with Gasteiger partial charge in [-0.3, -0.25) is 9.59 Å².